The van der Waals surface area contributed by atoms with Crippen molar-refractivity contribution in [3.8, 4) is 0 Å². The van der Waals surface area contributed by atoms with Crippen molar-refractivity contribution in [1.82, 2.24) is 10.3 Å². The van der Waals surface area contributed by atoms with E-state index in [-0.39, 0.29) is 24.1 Å². The fourth-order valence-electron chi connectivity index (χ4n) is 4.02. The summed E-state index contributed by atoms with van der Waals surface area (Å²) in [7, 11) is 0. The van der Waals surface area contributed by atoms with Crippen LogP contribution < -0.4 is 5.32 Å². The maximum atomic E-state index is 13.1. The second-order valence-corrected chi connectivity index (χ2v) is 8.59. The Bertz CT molecular complexity index is 1250. The predicted octanol–water partition coefficient (Wildman–Crippen LogP) is 7.01. The highest BCUT2D eigenvalue weighted by Crippen LogP contribution is 2.36. The normalized spacial score (nSPS) is 12.1. The first-order chi connectivity index (χ1) is 15.5. The minimum absolute atomic E-state index is 0.105. The molecule has 0 aliphatic rings. The number of nitrogens with one attached hydrogen (secondary N) is 2. The van der Waals surface area contributed by atoms with Crippen LogP contribution in [0.5, 0.6) is 0 Å². The van der Waals surface area contributed by atoms with Gasteiger partial charge in [-0.1, -0.05) is 66.5 Å². The molecule has 164 valence electrons. The summed E-state index contributed by atoms with van der Waals surface area (Å²) in [4.78, 5) is 16.3. The third-order valence-corrected chi connectivity index (χ3v) is 6.47. The molecule has 32 heavy (non-hydrogen) atoms. The van der Waals surface area contributed by atoms with E-state index in [0.717, 1.165) is 34.0 Å². The number of fused-ring (bicyclic) bond motifs is 1. The van der Waals surface area contributed by atoms with Crippen molar-refractivity contribution >= 4 is 40.0 Å². The smallest absolute Gasteiger partial charge is 0.221 e. The molecule has 3 aromatic carbocycles. The van der Waals surface area contributed by atoms with E-state index >= 15 is 0 Å². The quantitative estimate of drug-likeness (QED) is 0.300. The van der Waals surface area contributed by atoms with E-state index in [2.05, 4.69) is 29.4 Å². The summed E-state index contributed by atoms with van der Waals surface area (Å²) in [5.41, 5.74) is 5.10. The molecule has 0 fully saturated rings. The van der Waals surface area contributed by atoms with E-state index in [4.69, 9.17) is 23.2 Å². The van der Waals surface area contributed by atoms with E-state index in [1.54, 1.807) is 18.2 Å². The van der Waals surface area contributed by atoms with Gasteiger partial charge in [0.15, 0.2) is 0 Å². The van der Waals surface area contributed by atoms with Crippen LogP contribution in [0.1, 0.15) is 41.5 Å². The van der Waals surface area contributed by atoms with Gasteiger partial charge >= 0.3 is 0 Å². The van der Waals surface area contributed by atoms with Gasteiger partial charge in [-0.2, -0.15) is 0 Å². The van der Waals surface area contributed by atoms with Gasteiger partial charge in [-0.15, -0.1) is 0 Å². The molecule has 0 saturated carbocycles. The lowest BCUT2D eigenvalue weighted by Gasteiger charge is -2.18. The molecule has 1 amide bonds. The monoisotopic (exact) mass is 468 g/mol. The second kappa shape index (κ2) is 9.76. The molecule has 0 aliphatic carbocycles. The van der Waals surface area contributed by atoms with Crippen molar-refractivity contribution < 1.29 is 9.18 Å². The van der Waals surface area contributed by atoms with Gasteiger partial charge in [-0.3, -0.25) is 4.79 Å². The van der Waals surface area contributed by atoms with Gasteiger partial charge in [0.25, 0.3) is 0 Å². The Hall–Kier alpha value is -2.82. The fourth-order valence-corrected chi connectivity index (χ4v) is 4.33. The van der Waals surface area contributed by atoms with E-state index in [9.17, 15) is 9.18 Å². The highest BCUT2D eigenvalue weighted by molar-refractivity contribution is 6.42. The summed E-state index contributed by atoms with van der Waals surface area (Å²) in [5, 5.41) is 4.96. The molecule has 1 heterocycles. The largest absolute Gasteiger partial charge is 0.361 e. The van der Waals surface area contributed by atoms with Crippen LogP contribution in [-0.2, 0) is 17.8 Å². The van der Waals surface area contributed by atoms with Crippen molar-refractivity contribution in [3.05, 3.63) is 105 Å². The molecule has 6 heteroatoms. The molecule has 1 aromatic heterocycles. The second-order valence-electron chi connectivity index (χ2n) is 7.77. The zero-order valence-corrected chi connectivity index (χ0v) is 19.1. The fraction of sp³-hybridized carbons (Fsp3) is 0.192. The lowest BCUT2D eigenvalue weighted by molar-refractivity contribution is -0.121. The predicted molar refractivity (Wildman–Crippen MR) is 129 cm³/mol. The molecule has 3 nitrogen and oxygen atoms in total. The van der Waals surface area contributed by atoms with Crippen molar-refractivity contribution in [2.24, 2.45) is 0 Å². The average Bonchev–Trinajstić information content (AvgIpc) is 3.23. The lowest BCUT2D eigenvalue weighted by Crippen LogP contribution is -2.25. The number of hydrogen-bond donors (Lipinski definition) is 2. The minimum atomic E-state index is -0.300. The van der Waals surface area contributed by atoms with Gasteiger partial charge in [0, 0.05) is 36.0 Å². The van der Waals surface area contributed by atoms with Crippen LogP contribution in [0, 0.1) is 5.82 Å². The van der Waals surface area contributed by atoms with Crippen molar-refractivity contribution in [2.45, 2.75) is 32.2 Å². The number of aryl methyl sites for hydroxylation is 1. The van der Waals surface area contributed by atoms with Crippen LogP contribution in [0.2, 0.25) is 10.0 Å². The average molecular weight is 469 g/mol. The molecular formula is C26H23Cl2FN2O. The number of para-hydroxylation sites is 1. The number of halogens is 3. The molecule has 0 unspecified atom stereocenters. The van der Waals surface area contributed by atoms with Gasteiger partial charge in [-0.25, -0.2) is 4.39 Å². The highest BCUT2D eigenvalue weighted by atomic mass is 35.5. The molecule has 0 aliphatic heterocycles. The maximum Gasteiger partial charge on any atom is 0.221 e. The third kappa shape index (κ3) is 4.82. The van der Waals surface area contributed by atoms with Gasteiger partial charge in [-0.05, 0) is 52.9 Å². The Morgan fingerprint density at radius 3 is 2.56 bits per heavy atom. The lowest BCUT2D eigenvalue weighted by atomic mass is 9.87. The first-order valence-corrected chi connectivity index (χ1v) is 11.3. The first-order valence-electron chi connectivity index (χ1n) is 10.5. The van der Waals surface area contributed by atoms with Gasteiger partial charge in [0.05, 0.1) is 10.0 Å². The molecule has 4 rings (SSSR count). The Morgan fingerprint density at radius 1 is 1.06 bits per heavy atom. The topological polar surface area (TPSA) is 44.9 Å². The number of benzene rings is 3. The van der Waals surface area contributed by atoms with E-state index in [1.807, 2.05) is 24.4 Å². The summed E-state index contributed by atoms with van der Waals surface area (Å²) < 4.78 is 13.1. The standard InChI is InChI=1S/C26H23Cl2FN2O/c1-2-17-4-3-5-20-22(15-31-26(17)20)21(18-8-11-23(27)24(28)12-18)13-25(32)30-14-16-6-9-19(29)10-7-16/h3-12,15,21,31H,2,13-14H2,1H3,(H,30,32)/t21-/m1/s1. The first kappa shape index (κ1) is 22.4. The van der Waals surface area contributed by atoms with E-state index in [0.29, 0.717) is 16.6 Å². The number of carbonyl (C=O) groups is 1. The van der Waals surface area contributed by atoms with Gasteiger partial charge < -0.3 is 10.3 Å². The molecule has 4 aromatic rings. The molecule has 0 radical (unpaired) electrons. The number of H-pyrrole nitrogens is 1. The zero-order chi connectivity index (χ0) is 22.7. The molecule has 0 saturated heterocycles. The van der Waals surface area contributed by atoms with Crippen LogP contribution in [0.15, 0.2) is 66.9 Å². The summed E-state index contributed by atoms with van der Waals surface area (Å²) in [6.07, 6.45) is 3.12. The number of aromatic amines is 1. The van der Waals surface area contributed by atoms with Crippen LogP contribution in [0.4, 0.5) is 4.39 Å². The number of amides is 1. The van der Waals surface area contributed by atoms with Crippen molar-refractivity contribution in [1.29, 1.82) is 0 Å². The number of rotatable bonds is 7. The number of hydrogen-bond acceptors (Lipinski definition) is 1. The van der Waals surface area contributed by atoms with Crippen molar-refractivity contribution in [3.63, 3.8) is 0 Å². The van der Waals surface area contributed by atoms with Gasteiger partial charge in [0.1, 0.15) is 5.82 Å². The molecular weight excluding hydrogens is 446 g/mol. The maximum absolute atomic E-state index is 13.1. The summed E-state index contributed by atoms with van der Waals surface area (Å²) in [6.45, 7) is 2.45. The Labute approximate surface area is 196 Å². The van der Waals surface area contributed by atoms with E-state index < -0.39 is 0 Å². The summed E-state index contributed by atoms with van der Waals surface area (Å²) in [6, 6.07) is 17.8. The highest BCUT2D eigenvalue weighted by Gasteiger charge is 2.23. The van der Waals surface area contributed by atoms with Crippen LogP contribution in [-0.4, -0.2) is 10.9 Å². The number of carbonyl (C=O) groups excluding carboxylic acids is 1. The van der Waals surface area contributed by atoms with Gasteiger partial charge in [0.2, 0.25) is 5.91 Å². The summed E-state index contributed by atoms with van der Waals surface area (Å²) in [5.74, 6) is -0.615. The molecule has 2 N–H and O–H groups in total. The van der Waals surface area contributed by atoms with Crippen LogP contribution >= 0.6 is 23.2 Å². The third-order valence-electron chi connectivity index (χ3n) is 5.73. The Balaban J connectivity index is 1.64. The SMILES string of the molecule is CCc1cccc2c([C@H](CC(=O)NCc3ccc(F)cc3)c3ccc(Cl)c(Cl)c3)c[nH]c12. The Kier molecular flexibility index (Phi) is 6.83. The zero-order valence-electron chi connectivity index (χ0n) is 17.6. The van der Waals surface area contributed by atoms with E-state index in [1.165, 1.54) is 17.7 Å². The Morgan fingerprint density at radius 2 is 1.84 bits per heavy atom. The van der Waals surface area contributed by atoms with Crippen LogP contribution in [0.3, 0.4) is 0 Å². The number of aromatic nitrogens is 1. The molecule has 1 atom stereocenters. The van der Waals surface area contributed by atoms with Crippen LogP contribution in [0.25, 0.3) is 10.9 Å². The summed E-state index contributed by atoms with van der Waals surface area (Å²) >= 11 is 12.4. The minimum Gasteiger partial charge on any atom is -0.361 e. The van der Waals surface area contributed by atoms with Crippen molar-refractivity contribution in [2.75, 3.05) is 0 Å². The molecule has 0 spiro atoms. The molecule has 0 bridgehead atoms.